The van der Waals surface area contributed by atoms with Crippen LogP contribution in [-0.4, -0.2) is 0 Å². The summed E-state index contributed by atoms with van der Waals surface area (Å²) in [5.74, 6) is 0.916. The third-order valence-corrected chi connectivity index (χ3v) is 7.01. The van der Waals surface area contributed by atoms with Crippen LogP contribution in [0.2, 0.25) is 0 Å². The molecule has 3 aromatic rings. The van der Waals surface area contributed by atoms with Crippen molar-refractivity contribution in [2.45, 2.75) is 19.3 Å². The summed E-state index contributed by atoms with van der Waals surface area (Å²) >= 11 is 0. The lowest BCUT2D eigenvalue weighted by Crippen LogP contribution is -2.23. The standard InChI is InChI=1S/C22H21P.HI/c1-3-10-20(11-4-1)23(21-12-5-2-6-13-21)22-14-8-7-9-19(22)17-18-15-16-18;/h1-14,18H,15-17H2;1H. The third kappa shape index (κ3) is 4.07. The van der Waals surface area contributed by atoms with E-state index in [1.54, 1.807) is 5.56 Å². The van der Waals surface area contributed by atoms with Crippen LogP contribution in [0, 0.1) is 5.92 Å². The van der Waals surface area contributed by atoms with Crippen molar-refractivity contribution in [3.63, 3.8) is 0 Å². The number of benzene rings is 3. The molecule has 0 saturated heterocycles. The molecule has 0 spiro atoms. The second kappa shape index (κ2) is 8.27. The van der Waals surface area contributed by atoms with Gasteiger partial charge in [-0.2, -0.15) is 0 Å². The van der Waals surface area contributed by atoms with E-state index in [4.69, 9.17) is 0 Å². The fourth-order valence-corrected chi connectivity index (χ4v) is 5.60. The molecule has 0 heterocycles. The summed E-state index contributed by atoms with van der Waals surface area (Å²) in [4.78, 5) is 0. The molecule has 0 amide bonds. The molecule has 4 rings (SSSR count). The third-order valence-electron chi connectivity index (χ3n) is 4.47. The molecular formula is C22H22IP. The van der Waals surface area contributed by atoms with Gasteiger partial charge < -0.3 is 0 Å². The van der Waals surface area contributed by atoms with Gasteiger partial charge in [-0.25, -0.2) is 0 Å². The zero-order chi connectivity index (χ0) is 15.5. The topological polar surface area (TPSA) is 0 Å². The maximum absolute atomic E-state index is 2.35. The Bertz CT molecular complexity index is 727. The molecule has 2 heteroatoms. The van der Waals surface area contributed by atoms with E-state index < -0.39 is 7.92 Å². The Kier molecular flexibility index (Phi) is 6.08. The van der Waals surface area contributed by atoms with Crippen LogP contribution < -0.4 is 15.9 Å². The van der Waals surface area contributed by atoms with Gasteiger partial charge in [-0.3, -0.25) is 0 Å². The van der Waals surface area contributed by atoms with Crippen molar-refractivity contribution >= 4 is 47.8 Å². The molecule has 0 nitrogen and oxygen atoms in total. The van der Waals surface area contributed by atoms with Gasteiger partial charge in [-0.1, -0.05) is 84.9 Å². The van der Waals surface area contributed by atoms with Crippen LogP contribution in [0.15, 0.2) is 84.9 Å². The van der Waals surface area contributed by atoms with Gasteiger partial charge in [0.15, 0.2) is 0 Å². The summed E-state index contributed by atoms with van der Waals surface area (Å²) in [6.07, 6.45) is 4.06. The molecule has 1 fully saturated rings. The smallest absolute Gasteiger partial charge is 0.0119 e. The van der Waals surface area contributed by atoms with Crippen LogP contribution in [0.25, 0.3) is 0 Å². The SMILES string of the molecule is I.c1ccc(P(c2ccccc2)c2ccccc2CC2CC2)cc1. The molecule has 122 valence electrons. The molecule has 0 aromatic heterocycles. The minimum atomic E-state index is -0.470. The molecule has 0 N–H and O–H groups in total. The van der Waals surface area contributed by atoms with Gasteiger partial charge in [0.05, 0.1) is 0 Å². The Labute approximate surface area is 163 Å². The van der Waals surface area contributed by atoms with Crippen LogP contribution in [0.5, 0.6) is 0 Å². The van der Waals surface area contributed by atoms with E-state index in [0.717, 1.165) is 5.92 Å². The highest BCUT2D eigenvalue weighted by atomic mass is 127. The molecule has 0 radical (unpaired) electrons. The lowest BCUT2D eigenvalue weighted by Gasteiger charge is -2.22. The summed E-state index contributed by atoms with van der Waals surface area (Å²) < 4.78 is 0. The molecule has 1 aliphatic carbocycles. The Balaban J connectivity index is 0.00000169. The van der Waals surface area contributed by atoms with Crippen LogP contribution in [0.4, 0.5) is 0 Å². The summed E-state index contributed by atoms with van der Waals surface area (Å²) in [5, 5.41) is 4.42. The van der Waals surface area contributed by atoms with Gasteiger partial charge in [0.1, 0.15) is 0 Å². The van der Waals surface area contributed by atoms with E-state index >= 15 is 0 Å². The lowest BCUT2D eigenvalue weighted by molar-refractivity contribution is 0.837. The van der Waals surface area contributed by atoms with Gasteiger partial charge >= 0.3 is 0 Å². The Hall–Kier alpha value is -1.18. The maximum atomic E-state index is 2.35. The van der Waals surface area contributed by atoms with Crippen molar-refractivity contribution in [1.82, 2.24) is 0 Å². The van der Waals surface area contributed by atoms with Crippen LogP contribution in [-0.2, 0) is 6.42 Å². The molecule has 0 aliphatic heterocycles. The second-order valence-electron chi connectivity index (χ2n) is 6.28. The lowest BCUT2D eigenvalue weighted by atomic mass is 10.1. The highest BCUT2D eigenvalue weighted by molar-refractivity contribution is 14.0. The summed E-state index contributed by atoms with van der Waals surface area (Å²) in [6, 6.07) is 31.1. The van der Waals surface area contributed by atoms with Crippen LogP contribution >= 0.6 is 31.9 Å². The highest BCUT2D eigenvalue weighted by Gasteiger charge is 2.25. The zero-order valence-corrected chi connectivity index (χ0v) is 16.9. The highest BCUT2D eigenvalue weighted by Crippen LogP contribution is 2.37. The molecular weight excluding hydrogens is 422 g/mol. The Morgan fingerprint density at radius 1 is 0.667 bits per heavy atom. The molecule has 0 unspecified atom stereocenters. The second-order valence-corrected chi connectivity index (χ2v) is 8.47. The van der Waals surface area contributed by atoms with Gasteiger partial charge in [-0.05, 0) is 54.6 Å². The first-order valence-electron chi connectivity index (χ1n) is 8.40. The van der Waals surface area contributed by atoms with E-state index in [2.05, 4.69) is 84.9 Å². The van der Waals surface area contributed by atoms with Crippen molar-refractivity contribution in [1.29, 1.82) is 0 Å². The van der Waals surface area contributed by atoms with Crippen LogP contribution in [0.3, 0.4) is 0 Å². The molecule has 1 aliphatic rings. The van der Waals surface area contributed by atoms with Gasteiger partial charge in [0.2, 0.25) is 0 Å². The minimum Gasteiger partial charge on any atom is -0.107 e. The first kappa shape index (κ1) is 17.6. The van der Waals surface area contributed by atoms with E-state index in [-0.39, 0.29) is 24.0 Å². The number of rotatable bonds is 5. The molecule has 1 saturated carbocycles. The first-order valence-corrected chi connectivity index (χ1v) is 9.74. The van der Waals surface area contributed by atoms with Gasteiger partial charge in [0, 0.05) is 0 Å². The first-order chi connectivity index (χ1) is 11.4. The fourth-order valence-electron chi connectivity index (χ4n) is 3.12. The predicted octanol–water partition coefficient (Wildman–Crippen LogP) is 5.02. The Morgan fingerprint density at radius 2 is 1.17 bits per heavy atom. The van der Waals surface area contributed by atoms with E-state index in [9.17, 15) is 0 Å². The predicted molar refractivity (Wildman–Crippen MR) is 117 cm³/mol. The number of hydrogen-bond acceptors (Lipinski definition) is 0. The van der Waals surface area contributed by atoms with Gasteiger partial charge in [0.25, 0.3) is 0 Å². The van der Waals surface area contributed by atoms with Crippen molar-refractivity contribution in [2.24, 2.45) is 5.92 Å². The van der Waals surface area contributed by atoms with Crippen molar-refractivity contribution in [3.8, 4) is 0 Å². The molecule has 3 aromatic carbocycles. The summed E-state index contributed by atoms with van der Waals surface area (Å²) in [7, 11) is -0.470. The average Bonchev–Trinajstić information content (AvgIpc) is 3.43. The summed E-state index contributed by atoms with van der Waals surface area (Å²) in [6.45, 7) is 0. The number of halogens is 1. The normalized spacial score (nSPS) is 13.5. The zero-order valence-electron chi connectivity index (χ0n) is 13.6. The quantitative estimate of drug-likeness (QED) is 0.383. The van der Waals surface area contributed by atoms with Crippen molar-refractivity contribution < 1.29 is 0 Å². The molecule has 24 heavy (non-hydrogen) atoms. The number of hydrogen-bond donors (Lipinski definition) is 0. The van der Waals surface area contributed by atoms with Gasteiger partial charge in [-0.15, -0.1) is 24.0 Å². The summed E-state index contributed by atoms with van der Waals surface area (Å²) in [5.41, 5.74) is 1.55. The molecule has 0 bridgehead atoms. The molecule has 0 atom stereocenters. The maximum Gasteiger partial charge on any atom is -0.0119 e. The largest absolute Gasteiger partial charge is 0.107 e. The van der Waals surface area contributed by atoms with Crippen molar-refractivity contribution in [3.05, 3.63) is 90.5 Å². The average molecular weight is 444 g/mol. The van der Waals surface area contributed by atoms with E-state index in [1.807, 2.05) is 0 Å². The Morgan fingerprint density at radius 3 is 1.71 bits per heavy atom. The minimum absolute atomic E-state index is 0. The van der Waals surface area contributed by atoms with E-state index in [1.165, 1.54) is 35.2 Å². The monoisotopic (exact) mass is 444 g/mol. The van der Waals surface area contributed by atoms with E-state index in [0.29, 0.717) is 0 Å². The fraction of sp³-hybridized carbons (Fsp3) is 0.182. The van der Waals surface area contributed by atoms with Crippen LogP contribution in [0.1, 0.15) is 18.4 Å². The van der Waals surface area contributed by atoms with Crippen molar-refractivity contribution in [2.75, 3.05) is 0 Å².